The van der Waals surface area contributed by atoms with Crippen LogP contribution in [-0.2, 0) is 24.3 Å². The Labute approximate surface area is 105 Å². The highest BCUT2D eigenvalue weighted by Crippen LogP contribution is 2.01. The Morgan fingerprint density at radius 2 is 1.94 bits per heavy atom. The highest BCUT2D eigenvalue weighted by atomic mass is 32.2. The summed E-state index contributed by atoms with van der Waals surface area (Å²) in [5.41, 5.74) is 0. The van der Waals surface area contributed by atoms with E-state index in [2.05, 4.69) is 4.74 Å². The summed E-state index contributed by atoms with van der Waals surface area (Å²) >= 11 is 0. The zero-order chi connectivity index (χ0) is 14.3. The summed E-state index contributed by atoms with van der Waals surface area (Å²) in [7, 11) is -2.69. The van der Waals surface area contributed by atoms with Gasteiger partial charge in [-0.15, -0.1) is 0 Å². The molecule has 2 atom stereocenters. The van der Waals surface area contributed by atoms with Crippen LogP contribution in [-0.4, -0.2) is 55.6 Å². The van der Waals surface area contributed by atoms with Crippen LogP contribution >= 0.6 is 0 Å². The molecule has 0 saturated carbocycles. The molecule has 9 heteroatoms. The van der Waals surface area contributed by atoms with Crippen LogP contribution in [0.15, 0.2) is 0 Å². The first-order valence-electron chi connectivity index (χ1n) is 5.17. The zero-order valence-corrected chi connectivity index (χ0v) is 10.9. The van der Waals surface area contributed by atoms with Crippen LogP contribution in [0, 0.1) is 0 Å². The average Bonchev–Trinajstić information content (AvgIpc) is 2.24. The topological polar surface area (TPSA) is 130 Å². The van der Waals surface area contributed by atoms with Crippen molar-refractivity contribution in [2.45, 2.75) is 31.9 Å². The highest BCUT2D eigenvalue weighted by Gasteiger charge is 2.28. The maximum atomic E-state index is 11.5. The summed E-state index contributed by atoms with van der Waals surface area (Å²) in [6, 6.07) is -1.60. The lowest BCUT2D eigenvalue weighted by atomic mass is 10.2. The van der Waals surface area contributed by atoms with Gasteiger partial charge in [0, 0.05) is 6.42 Å². The first kappa shape index (κ1) is 16.8. The van der Waals surface area contributed by atoms with Gasteiger partial charge in [0.25, 0.3) is 0 Å². The number of sulfonamides is 1. The predicted octanol–water partition coefficient (Wildman–Crippen LogP) is -1.31. The van der Waals surface area contributed by atoms with Gasteiger partial charge in [-0.25, -0.2) is 8.42 Å². The first-order chi connectivity index (χ1) is 8.19. The maximum absolute atomic E-state index is 11.5. The number of ether oxygens (including phenoxy) is 1. The summed E-state index contributed by atoms with van der Waals surface area (Å²) in [6.07, 6.45) is -1.43. The quantitative estimate of drug-likeness (QED) is 0.471. The number of aliphatic hydroxyl groups excluding tert-OH is 1. The van der Waals surface area contributed by atoms with E-state index in [-0.39, 0.29) is 12.8 Å². The number of aliphatic hydroxyl groups is 1. The molecule has 0 amide bonds. The first-order valence-corrected chi connectivity index (χ1v) is 6.82. The second-order valence-corrected chi connectivity index (χ2v) is 5.55. The van der Waals surface area contributed by atoms with Crippen LogP contribution < -0.4 is 4.72 Å². The molecule has 0 heterocycles. The fraction of sp³-hybridized carbons (Fsp3) is 0.778. The van der Waals surface area contributed by atoms with E-state index in [0.29, 0.717) is 0 Å². The maximum Gasteiger partial charge on any atom is 0.324 e. The summed E-state index contributed by atoms with van der Waals surface area (Å²) < 4.78 is 29.2. The summed E-state index contributed by atoms with van der Waals surface area (Å²) in [5.74, 6) is -2.43. The summed E-state index contributed by atoms with van der Waals surface area (Å²) in [4.78, 5) is 21.5. The fourth-order valence-corrected chi connectivity index (χ4v) is 2.44. The van der Waals surface area contributed by atoms with Gasteiger partial charge in [0.2, 0.25) is 10.0 Å². The van der Waals surface area contributed by atoms with E-state index in [4.69, 9.17) is 10.2 Å². The predicted molar refractivity (Wildman–Crippen MR) is 61.3 cm³/mol. The normalized spacial score (nSPS) is 14.8. The largest absolute Gasteiger partial charge is 0.480 e. The molecule has 0 aliphatic heterocycles. The Hall–Kier alpha value is -1.19. The molecule has 0 unspecified atom stereocenters. The molecule has 3 N–H and O–H groups in total. The van der Waals surface area contributed by atoms with Crippen molar-refractivity contribution in [3.63, 3.8) is 0 Å². The number of hydrogen-bond acceptors (Lipinski definition) is 6. The molecule has 18 heavy (non-hydrogen) atoms. The van der Waals surface area contributed by atoms with Crippen molar-refractivity contribution < 1.29 is 33.0 Å². The van der Waals surface area contributed by atoms with E-state index in [1.165, 1.54) is 7.11 Å². The number of methoxy groups -OCH3 is 1. The minimum Gasteiger partial charge on any atom is -0.480 e. The van der Waals surface area contributed by atoms with Crippen LogP contribution in [0.3, 0.4) is 0 Å². The number of carboxylic acid groups (broad SMARTS) is 1. The molecule has 0 aromatic heterocycles. The molecule has 0 aliphatic rings. The van der Waals surface area contributed by atoms with E-state index in [0.717, 1.165) is 6.92 Å². The smallest absolute Gasteiger partial charge is 0.324 e. The monoisotopic (exact) mass is 283 g/mol. The zero-order valence-electron chi connectivity index (χ0n) is 10.1. The number of carbonyl (C=O) groups is 2. The number of rotatable bonds is 8. The Balaban J connectivity index is 4.38. The highest BCUT2D eigenvalue weighted by molar-refractivity contribution is 7.89. The van der Waals surface area contributed by atoms with Gasteiger partial charge in [-0.1, -0.05) is 0 Å². The van der Waals surface area contributed by atoms with E-state index < -0.39 is 39.9 Å². The lowest BCUT2D eigenvalue weighted by Crippen LogP contribution is -2.48. The van der Waals surface area contributed by atoms with Crippen molar-refractivity contribution in [3.05, 3.63) is 0 Å². The van der Waals surface area contributed by atoms with E-state index in [1.54, 1.807) is 0 Å². The van der Waals surface area contributed by atoms with Crippen molar-refractivity contribution >= 4 is 22.0 Å². The van der Waals surface area contributed by atoms with Crippen LogP contribution in [0.5, 0.6) is 0 Å². The lowest BCUT2D eigenvalue weighted by molar-refractivity contribution is -0.142. The average molecular weight is 283 g/mol. The Bertz CT molecular complexity index is 390. The van der Waals surface area contributed by atoms with Crippen molar-refractivity contribution in [1.82, 2.24) is 4.72 Å². The molecule has 0 bridgehead atoms. The SMILES string of the molecule is COC(=O)CCCS(=O)(=O)N[C@H](C(=O)O)[C@@H](C)O. The Morgan fingerprint density at radius 3 is 2.33 bits per heavy atom. The number of aliphatic carboxylic acids is 1. The van der Waals surface area contributed by atoms with Crippen LogP contribution in [0.4, 0.5) is 0 Å². The van der Waals surface area contributed by atoms with Gasteiger partial charge in [-0.2, -0.15) is 4.72 Å². The molecule has 0 fully saturated rings. The van der Waals surface area contributed by atoms with Gasteiger partial charge >= 0.3 is 11.9 Å². The second-order valence-electron chi connectivity index (χ2n) is 3.67. The molecule has 0 radical (unpaired) electrons. The number of esters is 1. The van der Waals surface area contributed by atoms with Gasteiger partial charge < -0.3 is 14.9 Å². The fourth-order valence-electron chi connectivity index (χ4n) is 1.12. The van der Waals surface area contributed by atoms with Crippen molar-refractivity contribution in [2.75, 3.05) is 12.9 Å². The van der Waals surface area contributed by atoms with Gasteiger partial charge in [-0.3, -0.25) is 9.59 Å². The Kier molecular flexibility index (Phi) is 6.81. The molecule has 106 valence electrons. The molecular weight excluding hydrogens is 266 g/mol. The van der Waals surface area contributed by atoms with E-state index in [9.17, 15) is 18.0 Å². The number of nitrogens with one attached hydrogen (secondary N) is 1. The third-order valence-corrected chi connectivity index (χ3v) is 3.52. The molecule has 0 aromatic rings. The molecule has 0 spiro atoms. The molecule has 0 aromatic carbocycles. The van der Waals surface area contributed by atoms with Crippen molar-refractivity contribution in [3.8, 4) is 0 Å². The number of hydrogen-bond donors (Lipinski definition) is 3. The van der Waals surface area contributed by atoms with Crippen LogP contribution in [0.2, 0.25) is 0 Å². The summed E-state index contributed by atoms with van der Waals surface area (Å²) in [5, 5.41) is 17.8. The minimum atomic E-state index is -3.87. The standard InChI is InChI=1S/C9H17NO7S/c1-6(11)8(9(13)14)10-18(15,16)5-3-4-7(12)17-2/h6,8,10-11H,3-5H2,1-2H3,(H,13,14)/t6-,8+/m1/s1. The van der Waals surface area contributed by atoms with Gasteiger partial charge in [0.05, 0.1) is 19.0 Å². The second kappa shape index (κ2) is 7.29. The molecule has 0 rings (SSSR count). The Morgan fingerprint density at radius 1 is 1.39 bits per heavy atom. The third kappa shape index (κ3) is 6.52. The van der Waals surface area contributed by atoms with Gasteiger partial charge in [-0.05, 0) is 13.3 Å². The van der Waals surface area contributed by atoms with Crippen LogP contribution in [0.25, 0.3) is 0 Å². The molecule has 8 nitrogen and oxygen atoms in total. The van der Waals surface area contributed by atoms with E-state index in [1.807, 2.05) is 4.72 Å². The molecule has 0 saturated heterocycles. The molecule has 0 aliphatic carbocycles. The van der Waals surface area contributed by atoms with Gasteiger partial charge in [0.1, 0.15) is 6.04 Å². The third-order valence-electron chi connectivity index (χ3n) is 2.08. The number of carboxylic acids is 1. The van der Waals surface area contributed by atoms with Crippen LogP contribution in [0.1, 0.15) is 19.8 Å². The lowest BCUT2D eigenvalue weighted by Gasteiger charge is -2.16. The molecular formula is C9H17NO7S. The van der Waals surface area contributed by atoms with Crippen molar-refractivity contribution in [1.29, 1.82) is 0 Å². The van der Waals surface area contributed by atoms with Gasteiger partial charge in [0.15, 0.2) is 0 Å². The minimum absolute atomic E-state index is 0.00809. The summed E-state index contributed by atoms with van der Waals surface area (Å²) in [6.45, 7) is 1.16. The number of carbonyl (C=O) groups excluding carboxylic acids is 1. The van der Waals surface area contributed by atoms with Crippen molar-refractivity contribution in [2.24, 2.45) is 0 Å². The van der Waals surface area contributed by atoms with E-state index >= 15 is 0 Å².